The van der Waals surface area contributed by atoms with E-state index in [0.29, 0.717) is 30.2 Å². The number of amides is 1. The molecule has 1 amide bonds. The lowest BCUT2D eigenvalue weighted by atomic mass is 10.1. The summed E-state index contributed by atoms with van der Waals surface area (Å²) in [5.41, 5.74) is 3.90. The fraction of sp³-hybridized carbons (Fsp3) is 0.316. The average Bonchev–Trinajstić information content (AvgIpc) is 2.55. The molecule has 0 aliphatic heterocycles. The number of aryl methyl sites for hydroxylation is 2. The molecule has 2 aromatic carbocycles. The van der Waals surface area contributed by atoms with E-state index in [1.54, 1.807) is 7.11 Å². The summed E-state index contributed by atoms with van der Waals surface area (Å²) in [5, 5.41) is 6.73. The van der Waals surface area contributed by atoms with Crippen LogP contribution < -0.4 is 15.4 Å². The monoisotopic (exact) mass is 346 g/mol. The molecule has 128 valence electrons. The molecule has 2 rings (SSSR count). The highest BCUT2D eigenvalue weighted by Crippen LogP contribution is 2.27. The van der Waals surface area contributed by atoms with E-state index in [1.165, 1.54) is 0 Å². The Balaban J connectivity index is 1.77. The second-order valence-electron chi connectivity index (χ2n) is 5.76. The highest BCUT2D eigenvalue weighted by Gasteiger charge is 2.09. The van der Waals surface area contributed by atoms with Gasteiger partial charge in [-0.3, -0.25) is 4.79 Å². The van der Waals surface area contributed by atoms with E-state index in [1.807, 2.05) is 50.2 Å². The van der Waals surface area contributed by atoms with Crippen molar-refractivity contribution in [1.29, 1.82) is 0 Å². The lowest BCUT2D eigenvalue weighted by Gasteiger charge is -2.12. The minimum absolute atomic E-state index is 0.0499. The van der Waals surface area contributed by atoms with E-state index in [0.717, 1.165) is 22.4 Å². The number of nitrogens with one attached hydrogen (secondary N) is 2. The molecule has 0 unspecified atom stereocenters. The first-order chi connectivity index (χ1) is 11.5. The van der Waals surface area contributed by atoms with Crippen LogP contribution in [0.25, 0.3) is 0 Å². The van der Waals surface area contributed by atoms with Gasteiger partial charge in [0.15, 0.2) is 0 Å². The van der Waals surface area contributed by atoms with Gasteiger partial charge in [0.2, 0.25) is 5.91 Å². The van der Waals surface area contributed by atoms with Gasteiger partial charge >= 0.3 is 0 Å². The van der Waals surface area contributed by atoms with E-state index in [4.69, 9.17) is 16.3 Å². The Labute approximate surface area is 148 Å². The van der Waals surface area contributed by atoms with Gasteiger partial charge in [0.05, 0.1) is 17.8 Å². The summed E-state index contributed by atoms with van der Waals surface area (Å²) in [5.74, 6) is 0.787. The zero-order valence-corrected chi connectivity index (χ0v) is 15.0. The predicted molar refractivity (Wildman–Crippen MR) is 98.9 cm³/mol. The molecule has 0 heterocycles. The molecule has 0 atom stereocenters. The largest absolute Gasteiger partial charge is 0.497 e. The molecule has 24 heavy (non-hydrogen) atoms. The Bertz CT molecular complexity index is 676. The van der Waals surface area contributed by atoms with Gasteiger partial charge in [-0.25, -0.2) is 0 Å². The minimum Gasteiger partial charge on any atom is -0.497 e. The van der Waals surface area contributed by atoms with E-state index < -0.39 is 0 Å². The zero-order valence-electron chi connectivity index (χ0n) is 14.3. The number of hydrogen-bond acceptors (Lipinski definition) is 3. The van der Waals surface area contributed by atoms with Crippen molar-refractivity contribution in [3.63, 3.8) is 0 Å². The van der Waals surface area contributed by atoms with Gasteiger partial charge in [0.25, 0.3) is 0 Å². The van der Waals surface area contributed by atoms with E-state index in [2.05, 4.69) is 10.6 Å². The van der Waals surface area contributed by atoms with Gasteiger partial charge in [-0.2, -0.15) is 0 Å². The first kappa shape index (κ1) is 18.3. The number of benzene rings is 2. The SMILES string of the molecule is COc1ccc(CNCCC(=O)Nc2c(C)cc(C)cc2Cl)cc1. The summed E-state index contributed by atoms with van der Waals surface area (Å²) >= 11 is 6.20. The van der Waals surface area contributed by atoms with Crippen LogP contribution in [0.4, 0.5) is 5.69 Å². The average molecular weight is 347 g/mol. The van der Waals surface area contributed by atoms with Gasteiger partial charge in [0, 0.05) is 19.5 Å². The molecule has 0 saturated heterocycles. The Hall–Kier alpha value is -2.04. The van der Waals surface area contributed by atoms with E-state index in [9.17, 15) is 4.79 Å². The summed E-state index contributed by atoms with van der Waals surface area (Å²) < 4.78 is 5.13. The van der Waals surface area contributed by atoms with Gasteiger partial charge in [-0.1, -0.05) is 29.8 Å². The molecular formula is C19H23ClN2O2. The topological polar surface area (TPSA) is 50.4 Å². The molecule has 0 aliphatic carbocycles. The quantitative estimate of drug-likeness (QED) is 0.742. The molecule has 0 bridgehead atoms. The molecule has 5 heteroatoms. The van der Waals surface area contributed by atoms with Crippen LogP contribution in [-0.4, -0.2) is 19.6 Å². The molecule has 0 aromatic heterocycles. The maximum Gasteiger partial charge on any atom is 0.225 e. The van der Waals surface area contributed by atoms with Gasteiger partial charge < -0.3 is 15.4 Å². The first-order valence-corrected chi connectivity index (χ1v) is 8.27. The fourth-order valence-corrected chi connectivity index (χ4v) is 2.82. The Morgan fingerprint density at radius 2 is 1.88 bits per heavy atom. The number of halogens is 1. The summed E-state index contributed by atoms with van der Waals surface area (Å²) in [6.45, 7) is 5.23. The second-order valence-corrected chi connectivity index (χ2v) is 6.17. The Morgan fingerprint density at radius 1 is 1.17 bits per heavy atom. The van der Waals surface area contributed by atoms with Crippen molar-refractivity contribution in [2.24, 2.45) is 0 Å². The molecular weight excluding hydrogens is 324 g/mol. The molecule has 0 saturated carbocycles. The van der Waals surface area contributed by atoms with Crippen molar-refractivity contribution < 1.29 is 9.53 Å². The van der Waals surface area contributed by atoms with Gasteiger partial charge in [-0.15, -0.1) is 0 Å². The molecule has 2 N–H and O–H groups in total. The highest BCUT2D eigenvalue weighted by molar-refractivity contribution is 6.34. The maximum atomic E-state index is 12.1. The number of carbonyl (C=O) groups excluding carboxylic acids is 1. The number of carbonyl (C=O) groups is 1. The summed E-state index contributed by atoms with van der Waals surface area (Å²) in [7, 11) is 1.65. The lowest BCUT2D eigenvalue weighted by Crippen LogP contribution is -2.22. The predicted octanol–water partition coefficient (Wildman–Crippen LogP) is 4.08. The van der Waals surface area contributed by atoms with Crippen LogP contribution in [0.15, 0.2) is 36.4 Å². The third-order valence-electron chi connectivity index (χ3n) is 3.71. The van der Waals surface area contributed by atoms with Crippen LogP contribution in [0.2, 0.25) is 5.02 Å². The fourth-order valence-electron chi connectivity index (χ4n) is 2.45. The molecule has 2 aromatic rings. The second kappa shape index (κ2) is 8.71. The van der Waals surface area contributed by atoms with Crippen molar-refractivity contribution in [2.75, 3.05) is 19.0 Å². The molecule has 0 radical (unpaired) electrons. The summed E-state index contributed by atoms with van der Waals surface area (Å²) in [4.78, 5) is 12.1. The van der Waals surface area contributed by atoms with Crippen molar-refractivity contribution in [3.05, 3.63) is 58.1 Å². The Kier molecular flexibility index (Phi) is 6.64. The normalized spacial score (nSPS) is 10.5. The first-order valence-electron chi connectivity index (χ1n) is 7.90. The standard InChI is InChI=1S/C19H23ClN2O2/c1-13-10-14(2)19(17(20)11-13)22-18(23)8-9-21-12-15-4-6-16(24-3)7-5-15/h4-7,10-11,21H,8-9,12H2,1-3H3,(H,22,23). The smallest absolute Gasteiger partial charge is 0.225 e. The van der Waals surface area contributed by atoms with Crippen LogP contribution in [0, 0.1) is 13.8 Å². The number of ether oxygens (including phenoxy) is 1. The molecule has 4 nitrogen and oxygen atoms in total. The number of methoxy groups -OCH3 is 1. The molecule has 0 fully saturated rings. The summed E-state index contributed by atoms with van der Waals surface area (Å²) in [6, 6.07) is 11.7. The zero-order chi connectivity index (χ0) is 17.5. The van der Waals surface area contributed by atoms with Crippen molar-refractivity contribution in [1.82, 2.24) is 5.32 Å². The van der Waals surface area contributed by atoms with Gasteiger partial charge in [-0.05, 0) is 48.7 Å². The third-order valence-corrected chi connectivity index (χ3v) is 4.01. The number of hydrogen-bond donors (Lipinski definition) is 2. The maximum absolute atomic E-state index is 12.1. The highest BCUT2D eigenvalue weighted by atomic mass is 35.5. The van der Waals surface area contributed by atoms with Crippen LogP contribution in [0.3, 0.4) is 0 Å². The van der Waals surface area contributed by atoms with Gasteiger partial charge in [0.1, 0.15) is 5.75 Å². The van der Waals surface area contributed by atoms with Crippen LogP contribution >= 0.6 is 11.6 Å². The van der Waals surface area contributed by atoms with Crippen LogP contribution in [0.1, 0.15) is 23.1 Å². The minimum atomic E-state index is -0.0499. The molecule has 0 spiro atoms. The lowest BCUT2D eigenvalue weighted by molar-refractivity contribution is -0.116. The number of anilines is 1. The third kappa shape index (κ3) is 5.25. The summed E-state index contributed by atoms with van der Waals surface area (Å²) in [6.07, 6.45) is 0.389. The van der Waals surface area contributed by atoms with Crippen LogP contribution in [0.5, 0.6) is 5.75 Å². The van der Waals surface area contributed by atoms with Crippen molar-refractivity contribution in [2.45, 2.75) is 26.8 Å². The van der Waals surface area contributed by atoms with E-state index in [-0.39, 0.29) is 5.91 Å². The number of rotatable bonds is 7. The van der Waals surface area contributed by atoms with E-state index >= 15 is 0 Å². The van der Waals surface area contributed by atoms with Crippen molar-refractivity contribution >= 4 is 23.2 Å². The molecule has 0 aliphatic rings. The Morgan fingerprint density at radius 3 is 2.50 bits per heavy atom. The van der Waals surface area contributed by atoms with Crippen LogP contribution in [-0.2, 0) is 11.3 Å². The van der Waals surface area contributed by atoms with Crippen molar-refractivity contribution in [3.8, 4) is 5.75 Å².